The van der Waals surface area contributed by atoms with Crippen molar-refractivity contribution in [2.75, 3.05) is 18.5 Å². The molecule has 9 nitrogen and oxygen atoms in total. The summed E-state index contributed by atoms with van der Waals surface area (Å²) in [5.41, 5.74) is 1.59. The van der Waals surface area contributed by atoms with Gasteiger partial charge in [-0.05, 0) is 60.5 Å². The van der Waals surface area contributed by atoms with Gasteiger partial charge in [0, 0.05) is 32.1 Å². The number of aromatic hydroxyl groups is 1. The summed E-state index contributed by atoms with van der Waals surface area (Å²) in [5, 5.41) is 12.8. The van der Waals surface area contributed by atoms with Crippen LogP contribution in [0.25, 0.3) is 0 Å². The van der Waals surface area contributed by atoms with E-state index in [1.165, 1.54) is 72.3 Å². The van der Waals surface area contributed by atoms with Gasteiger partial charge in [-0.25, -0.2) is 9.37 Å². The summed E-state index contributed by atoms with van der Waals surface area (Å²) < 4.78 is 42.5. The molecular formula is C28H27F3N4O5. The average Bonchev–Trinajstić information content (AvgIpc) is 3.39. The van der Waals surface area contributed by atoms with Crippen LogP contribution in [0.4, 0.5) is 18.9 Å². The fourth-order valence-electron chi connectivity index (χ4n) is 4.60. The monoisotopic (exact) mass is 556 g/mol. The lowest BCUT2D eigenvalue weighted by atomic mass is 9.95. The van der Waals surface area contributed by atoms with Crippen molar-refractivity contribution in [3.63, 3.8) is 0 Å². The van der Waals surface area contributed by atoms with Crippen LogP contribution < -0.4 is 15.0 Å². The number of phenolic OH excluding ortho intramolecular Hbond substituents is 1. The number of hydrogen-bond donors (Lipinski definition) is 2. The number of amides is 3. The molecule has 2 aromatic carbocycles. The van der Waals surface area contributed by atoms with Crippen LogP contribution in [0.2, 0.25) is 0 Å². The van der Waals surface area contributed by atoms with E-state index in [9.17, 15) is 32.7 Å². The topological polar surface area (TPSA) is 112 Å². The van der Waals surface area contributed by atoms with Gasteiger partial charge in [0.25, 0.3) is 5.91 Å². The van der Waals surface area contributed by atoms with E-state index in [1.54, 1.807) is 12.1 Å². The number of carbonyl (C=O) groups excluding carboxylic acids is 3. The second-order valence-electron chi connectivity index (χ2n) is 9.30. The second kappa shape index (κ2) is 12.1. The van der Waals surface area contributed by atoms with Crippen LogP contribution >= 0.6 is 0 Å². The smallest absolute Gasteiger partial charge is 0.387 e. The standard InChI is InChI=1S/C28H27F3N4O5/c1-16(36)35-15-18(17-6-11-25(24(37)13-17)40-28(30)31)12-23(35)26(38)32-14-20-4-3-5-22(33-20)27(39)34(2)21-9-7-19(29)8-10-21/h3-11,13,18,23,28,37H,12,14-15H2,1-2H3,(H,32,38)/t18?,23-/m1/s1. The molecule has 1 fully saturated rings. The molecule has 1 saturated heterocycles. The Labute approximate surface area is 228 Å². The first-order chi connectivity index (χ1) is 19.0. The number of carbonyl (C=O) groups is 3. The number of pyridine rings is 1. The summed E-state index contributed by atoms with van der Waals surface area (Å²) in [6.07, 6.45) is 0.244. The van der Waals surface area contributed by atoms with Crippen LogP contribution in [0, 0.1) is 5.82 Å². The fourth-order valence-corrected chi connectivity index (χ4v) is 4.60. The number of ether oxygens (including phenoxy) is 1. The Morgan fingerprint density at radius 3 is 2.52 bits per heavy atom. The lowest BCUT2D eigenvalue weighted by Gasteiger charge is -2.22. The number of alkyl halides is 2. The van der Waals surface area contributed by atoms with Gasteiger partial charge in [0.15, 0.2) is 11.5 Å². The summed E-state index contributed by atoms with van der Waals surface area (Å²) in [7, 11) is 1.54. The first-order valence-electron chi connectivity index (χ1n) is 12.4. The van der Waals surface area contributed by atoms with E-state index < -0.39 is 36.0 Å². The summed E-state index contributed by atoms with van der Waals surface area (Å²) in [4.78, 5) is 45.4. The minimum Gasteiger partial charge on any atom is -0.504 e. The lowest BCUT2D eigenvalue weighted by Crippen LogP contribution is -2.45. The van der Waals surface area contributed by atoms with Crippen molar-refractivity contribution < 1.29 is 37.4 Å². The van der Waals surface area contributed by atoms with Gasteiger partial charge in [0.1, 0.15) is 17.6 Å². The maximum Gasteiger partial charge on any atom is 0.387 e. The van der Waals surface area contributed by atoms with Crippen molar-refractivity contribution in [3.8, 4) is 11.5 Å². The molecule has 0 aliphatic carbocycles. The van der Waals surface area contributed by atoms with Crippen molar-refractivity contribution in [1.82, 2.24) is 15.2 Å². The molecule has 1 aliphatic heterocycles. The van der Waals surface area contributed by atoms with Crippen LogP contribution in [0.3, 0.4) is 0 Å². The molecule has 2 atom stereocenters. The molecular weight excluding hydrogens is 529 g/mol. The van der Waals surface area contributed by atoms with E-state index in [1.807, 2.05) is 0 Å². The first kappa shape index (κ1) is 28.4. The Morgan fingerprint density at radius 2 is 1.88 bits per heavy atom. The van der Waals surface area contributed by atoms with Gasteiger partial charge in [-0.2, -0.15) is 8.78 Å². The molecule has 0 bridgehead atoms. The second-order valence-corrected chi connectivity index (χ2v) is 9.30. The number of phenols is 1. The molecule has 40 heavy (non-hydrogen) atoms. The number of nitrogens with zero attached hydrogens (tertiary/aromatic N) is 3. The van der Waals surface area contributed by atoms with Gasteiger partial charge >= 0.3 is 6.61 Å². The molecule has 0 spiro atoms. The molecule has 3 amide bonds. The number of aromatic nitrogens is 1. The molecule has 210 valence electrons. The van der Waals surface area contributed by atoms with E-state index in [0.717, 1.165) is 0 Å². The van der Waals surface area contributed by atoms with Crippen LogP contribution in [-0.4, -0.2) is 59.0 Å². The largest absolute Gasteiger partial charge is 0.504 e. The first-order valence-corrected chi connectivity index (χ1v) is 12.4. The third kappa shape index (κ3) is 6.50. The van der Waals surface area contributed by atoms with Gasteiger partial charge < -0.3 is 25.0 Å². The van der Waals surface area contributed by atoms with Crippen LogP contribution in [0.5, 0.6) is 11.5 Å². The van der Waals surface area contributed by atoms with Gasteiger partial charge in [-0.1, -0.05) is 12.1 Å². The number of benzene rings is 2. The maximum atomic E-state index is 13.2. The quantitative estimate of drug-likeness (QED) is 0.436. The Balaban J connectivity index is 1.42. The van der Waals surface area contributed by atoms with Crippen molar-refractivity contribution in [3.05, 3.63) is 83.4 Å². The fraction of sp³-hybridized carbons (Fsp3) is 0.286. The lowest BCUT2D eigenvalue weighted by molar-refractivity contribution is -0.136. The number of nitrogens with one attached hydrogen (secondary N) is 1. The highest BCUT2D eigenvalue weighted by atomic mass is 19.3. The zero-order valence-corrected chi connectivity index (χ0v) is 21.7. The number of rotatable bonds is 8. The van der Waals surface area contributed by atoms with Crippen LogP contribution in [0.15, 0.2) is 60.7 Å². The molecule has 2 heterocycles. The van der Waals surface area contributed by atoms with Gasteiger partial charge in [-0.15, -0.1) is 0 Å². The predicted octanol–water partition coefficient (Wildman–Crippen LogP) is 3.83. The number of halogens is 3. The van der Waals surface area contributed by atoms with Crippen LogP contribution in [-0.2, 0) is 16.1 Å². The average molecular weight is 557 g/mol. The highest BCUT2D eigenvalue weighted by Crippen LogP contribution is 2.37. The Morgan fingerprint density at radius 1 is 1.15 bits per heavy atom. The van der Waals surface area contributed by atoms with Gasteiger partial charge in [0.05, 0.1) is 12.2 Å². The van der Waals surface area contributed by atoms with Crippen LogP contribution in [0.1, 0.15) is 41.0 Å². The van der Waals surface area contributed by atoms with Gasteiger partial charge in [0.2, 0.25) is 11.8 Å². The van der Waals surface area contributed by atoms with E-state index >= 15 is 0 Å². The SMILES string of the molecule is CC(=O)N1CC(c2ccc(OC(F)F)c(O)c2)C[C@@H]1C(=O)NCc1cccc(C(=O)N(C)c2ccc(F)cc2)n1. The summed E-state index contributed by atoms with van der Waals surface area (Å²) in [6, 6.07) is 13.4. The zero-order valence-electron chi connectivity index (χ0n) is 21.7. The maximum absolute atomic E-state index is 13.2. The van der Waals surface area contributed by atoms with E-state index in [2.05, 4.69) is 15.0 Å². The van der Waals surface area contributed by atoms with E-state index in [-0.39, 0.29) is 42.8 Å². The Kier molecular flexibility index (Phi) is 8.56. The molecule has 3 aromatic rings. The summed E-state index contributed by atoms with van der Waals surface area (Å²) in [6.45, 7) is -1.56. The molecule has 1 aromatic heterocycles. The molecule has 4 rings (SSSR count). The summed E-state index contributed by atoms with van der Waals surface area (Å²) >= 11 is 0. The number of likely N-dealkylation sites (tertiary alicyclic amines) is 1. The van der Waals surface area contributed by atoms with E-state index in [4.69, 9.17) is 0 Å². The van der Waals surface area contributed by atoms with Crippen molar-refractivity contribution in [2.45, 2.75) is 38.5 Å². The molecule has 12 heteroatoms. The number of hydrogen-bond acceptors (Lipinski definition) is 6. The Bertz CT molecular complexity index is 1400. The summed E-state index contributed by atoms with van der Waals surface area (Å²) in [5.74, 6) is -2.76. The normalized spacial score (nSPS) is 16.6. The van der Waals surface area contributed by atoms with Gasteiger partial charge in [-0.3, -0.25) is 14.4 Å². The Hall–Kier alpha value is -4.61. The molecule has 1 unspecified atom stereocenters. The van der Waals surface area contributed by atoms with Crippen molar-refractivity contribution in [1.29, 1.82) is 0 Å². The minimum absolute atomic E-state index is 0.00637. The molecule has 2 N–H and O–H groups in total. The van der Waals surface area contributed by atoms with E-state index in [0.29, 0.717) is 16.9 Å². The third-order valence-electron chi connectivity index (χ3n) is 6.67. The minimum atomic E-state index is -3.09. The highest BCUT2D eigenvalue weighted by Gasteiger charge is 2.39. The van der Waals surface area contributed by atoms with Crippen molar-refractivity contribution >= 4 is 23.4 Å². The number of anilines is 1. The molecule has 1 aliphatic rings. The molecule has 0 saturated carbocycles. The molecule has 0 radical (unpaired) electrons. The highest BCUT2D eigenvalue weighted by molar-refractivity contribution is 6.04. The zero-order chi connectivity index (χ0) is 29.0. The van der Waals surface area contributed by atoms with Crippen molar-refractivity contribution in [2.24, 2.45) is 0 Å². The predicted molar refractivity (Wildman–Crippen MR) is 138 cm³/mol. The third-order valence-corrected chi connectivity index (χ3v) is 6.67.